The maximum atomic E-state index is 12.4. The molecule has 24 heavy (non-hydrogen) atoms. The van der Waals surface area contributed by atoms with E-state index in [1.165, 1.54) is 23.3 Å². The van der Waals surface area contributed by atoms with Crippen molar-refractivity contribution < 1.29 is 18.0 Å². The van der Waals surface area contributed by atoms with Gasteiger partial charge in [-0.05, 0) is 57.9 Å². The number of allylic oxidation sites excluding steroid dienone is 3. The van der Waals surface area contributed by atoms with Gasteiger partial charge < -0.3 is 10.6 Å². The monoisotopic (exact) mass is 340 g/mol. The zero-order valence-corrected chi connectivity index (χ0v) is 14.1. The fraction of sp³-hybridized carbons (Fsp3) is 0.389. The van der Waals surface area contributed by atoms with Gasteiger partial charge in [-0.3, -0.25) is 0 Å². The van der Waals surface area contributed by atoms with Gasteiger partial charge in [0.25, 0.3) is 0 Å². The van der Waals surface area contributed by atoms with Crippen molar-refractivity contribution in [3.8, 4) is 0 Å². The van der Waals surface area contributed by atoms with Crippen LogP contribution in [0.15, 0.2) is 47.6 Å². The molecule has 0 aliphatic heterocycles. The second-order valence-electron chi connectivity index (χ2n) is 5.78. The number of anilines is 1. The first-order chi connectivity index (χ1) is 11.2. The molecule has 0 saturated heterocycles. The Kier molecular flexibility index (Phi) is 7.55. The van der Waals surface area contributed by atoms with Crippen LogP contribution in [0, 0.1) is 0 Å². The van der Waals surface area contributed by atoms with Crippen molar-refractivity contribution in [1.82, 2.24) is 5.32 Å². The van der Waals surface area contributed by atoms with Crippen LogP contribution < -0.4 is 10.6 Å². The predicted molar refractivity (Wildman–Crippen MR) is 90.9 cm³/mol. The van der Waals surface area contributed by atoms with Crippen molar-refractivity contribution in [3.05, 3.63) is 53.1 Å². The number of rotatable bonds is 6. The molecular formula is C18H23F3N2O. The van der Waals surface area contributed by atoms with Crippen LogP contribution in [0.2, 0.25) is 0 Å². The van der Waals surface area contributed by atoms with Crippen LogP contribution in [0.25, 0.3) is 0 Å². The molecule has 3 nitrogen and oxygen atoms in total. The molecule has 1 aromatic carbocycles. The molecular weight excluding hydrogens is 317 g/mol. The highest BCUT2D eigenvalue weighted by Crippen LogP contribution is 2.29. The zero-order chi connectivity index (χ0) is 18.2. The van der Waals surface area contributed by atoms with Gasteiger partial charge in [0.05, 0.1) is 5.56 Å². The van der Waals surface area contributed by atoms with Gasteiger partial charge in [0.2, 0.25) is 0 Å². The van der Waals surface area contributed by atoms with Crippen LogP contribution in [0.4, 0.5) is 23.7 Å². The van der Waals surface area contributed by atoms with E-state index in [0.717, 1.165) is 25.0 Å². The third-order valence-electron chi connectivity index (χ3n) is 3.27. The molecule has 2 amide bonds. The van der Waals surface area contributed by atoms with Crippen LogP contribution in [0.1, 0.15) is 39.2 Å². The zero-order valence-electron chi connectivity index (χ0n) is 14.1. The first kappa shape index (κ1) is 19.8. The molecule has 0 fully saturated rings. The van der Waals surface area contributed by atoms with Crippen LogP contribution in [-0.4, -0.2) is 12.6 Å². The SMILES string of the molecule is CC(C)=CCC/C(C)=C/CNC(=O)Nc1ccc(C(F)(F)F)cc1. The Hall–Kier alpha value is -2.24. The minimum absolute atomic E-state index is 0.310. The lowest BCUT2D eigenvalue weighted by Gasteiger charge is -2.09. The summed E-state index contributed by atoms with van der Waals surface area (Å²) in [7, 11) is 0. The Labute approximate surface area is 140 Å². The van der Waals surface area contributed by atoms with Crippen molar-refractivity contribution in [2.75, 3.05) is 11.9 Å². The van der Waals surface area contributed by atoms with Crippen molar-refractivity contribution >= 4 is 11.7 Å². The first-order valence-electron chi connectivity index (χ1n) is 7.69. The van der Waals surface area contributed by atoms with Gasteiger partial charge in [-0.2, -0.15) is 13.2 Å². The van der Waals surface area contributed by atoms with Crippen molar-refractivity contribution in [3.63, 3.8) is 0 Å². The highest BCUT2D eigenvalue weighted by atomic mass is 19.4. The minimum atomic E-state index is -4.38. The predicted octanol–water partition coefficient (Wildman–Crippen LogP) is 5.52. The molecule has 0 atom stereocenters. The molecule has 0 aliphatic rings. The Bertz CT molecular complexity index is 598. The normalized spacial score (nSPS) is 11.8. The molecule has 1 aromatic rings. The third-order valence-corrected chi connectivity index (χ3v) is 3.27. The fourth-order valence-corrected chi connectivity index (χ4v) is 1.93. The smallest absolute Gasteiger partial charge is 0.334 e. The summed E-state index contributed by atoms with van der Waals surface area (Å²) in [5.74, 6) is 0. The summed E-state index contributed by atoms with van der Waals surface area (Å²) in [6, 6.07) is 3.86. The molecule has 0 aliphatic carbocycles. The quantitative estimate of drug-likeness (QED) is 0.658. The molecule has 0 radical (unpaired) electrons. The number of carbonyl (C=O) groups is 1. The molecule has 2 N–H and O–H groups in total. The highest BCUT2D eigenvalue weighted by Gasteiger charge is 2.29. The summed E-state index contributed by atoms with van der Waals surface area (Å²) in [5.41, 5.74) is 2.01. The number of benzene rings is 1. The number of urea groups is 1. The summed E-state index contributed by atoms with van der Waals surface area (Å²) < 4.78 is 37.3. The Morgan fingerprint density at radius 2 is 1.71 bits per heavy atom. The number of nitrogens with one attached hydrogen (secondary N) is 2. The maximum absolute atomic E-state index is 12.4. The fourth-order valence-electron chi connectivity index (χ4n) is 1.93. The molecule has 0 heterocycles. The Morgan fingerprint density at radius 1 is 1.08 bits per heavy atom. The molecule has 0 aromatic heterocycles. The lowest BCUT2D eigenvalue weighted by Crippen LogP contribution is -2.28. The molecule has 132 valence electrons. The average Bonchev–Trinajstić information content (AvgIpc) is 2.46. The maximum Gasteiger partial charge on any atom is 0.416 e. The number of alkyl halides is 3. The minimum Gasteiger partial charge on any atom is -0.334 e. The van der Waals surface area contributed by atoms with Crippen molar-refractivity contribution in [2.24, 2.45) is 0 Å². The van der Waals surface area contributed by atoms with Crippen LogP contribution in [0.5, 0.6) is 0 Å². The van der Waals surface area contributed by atoms with E-state index in [0.29, 0.717) is 12.2 Å². The van der Waals surface area contributed by atoms with E-state index in [1.807, 2.05) is 26.8 Å². The number of amides is 2. The number of halogens is 3. The van der Waals surface area contributed by atoms with Gasteiger partial charge in [-0.1, -0.05) is 23.3 Å². The standard InChI is InChI=1S/C18H23F3N2O/c1-13(2)5-4-6-14(3)11-12-22-17(24)23-16-9-7-15(8-10-16)18(19,20)21/h5,7-11H,4,6,12H2,1-3H3,(H2,22,23,24)/b14-11+. The van der Waals surface area contributed by atoms with Gasteiger partial charge in [-0.25, -0.2) is 4.79 Å². The summed E-state index contributed by atoms with van der Waals surface area (Å²) in [6.45, 7) is 6.46. The average molecular weight is 340 g/mol. The van der Waals surface area contributed by atoms with Gasteiger partial charge in [0.1, 0.15) is 0 Å². The summed E-state index contributed by atoms with van der Waals surface area (Å²) in [6.07, 6.45) is 1.58. The molecule has 0 saturated carbocycles. The van der Waals surface area contributed by atoms with Crippen molar-refractivity contribution in [1.29, 1.82) is 0 Å². The largest absolute Gasteiger partial charge is 0.416 e. The second kappa shape index (κ2) is 9.15. The van der Waals surface area contributed by atoms with E-state index in [-0.39, 0.29) is 0 Å². The van der Waals surface area contributed by atoms with Gasteiger partial charge >= 0.3 is 12.2 Å². The lowest BCUT2D eigenvalue weighted by atomic mass is 10.1. The summed E-state index contributed by atoms with van der Waals surface area (Å²) >= 11 is 0. The Morgan fingerprint density at radius 3 is 2.25 bits per heavy atom. The Balaban J connectivity index is 2.40. The van der Waals surface area contributed by atoms with E-state index in [2.05, 4.69) is 16.7 Å². The van der Waals surface area contributed by atoms with Gasteiger partial charge in [-0.15, -0.1) is 0 Å². The van der Waals surface area contributed by atoms with Gasteiger partial charge in [0, 0.05) is 12.2 Å². The number of hydrogen-bond acceptors (Lipinski definition) is 1. The van der Waals surface area contributed by atoms with Crippen LogP contribution >= 0.6 is 0 Å². The molecule has 1 rings (SSSR count). The van der Waals surface area contributed by atoms with E-state index in [9.17, 15) is 18.0 Å². The molecule has 0 unspecified atom stereocenters. The van der Waals surface area contributed by atoms with E-state index >= 15 is 0 Å². The first-order valence-corrected chi connectivity index (χ1v) is 7.69. The van der Waals surface area contributed by atoms with Crippen LogP contribution in [-0.2, 0) is 6.18 Å². The van der Waals surface area contributed by atoms with E-state index in [4.69, 9.17) is 0 Å². The molecule has 0 bridgehead atoms. The van der Waals surface area contributed by atoms with Crippen LogP contribution in [0.3, 0.4) is 0 Å². The topological polar surface area (TPSA) is 41.1 Å². The number of hydrogen-bond donors (Lipinski definition) is 2. The summed E-state index contributed by atoms with van der Waals surface area (Å²) in [4.78, 5) is 11.7. The number of carbonyl (C=O) groups excluding carboxylic acids is 1. The molecule has 0 spiro atoms. The second-order valence-corrected chi connectivity index (χ2v) is 5.78. The highest BCUT2D eigenvalue weighted by molar-refractivity contribution is 5.89. The van der Waals surface area contributed by atoms with Crippen molar-refractivity contribution in [2.45, 2.75) is 39.8 Å². The lowest BCUT2D eigenvalue weighted by molar-refractivity contribution is -0.137. The van der Waals surface area contributed by atoms with Gasteiger partial charge in [0.15, 0.2) is 0 Å². The molecule has 6 heteroatoms. The summed E-state index contributed by atoms with van der Waals surface area (Å²) in [5, 5.41) is 5.14. The van der Waals surface area contributed by atoms with E-state index < -0.39 is 17.8 Å². The third kappa shape index (κ3) is 7.85. The van der Waals surface area contributed by atoms with E-state index in [1.54, 1.807) is 0 Å².